The van der Waals surface area contributed by atoms with Gasteiger partial charge in [0.2, 0.25) is 15.9 Å². The highest BCUT2D eigenvalue weighted by atomic mass is 32.2. The minimum absolute atomic E-state index is 0.0512. The monoisotopic (exact) mass is 469 g/mol. The maximum absolute atomic E-state index is 13.0. The molecule has 1 aliphatic rings. The van der Waals surface area contributed by atoms with Gasteiger partial charge in [-0.1, -0.05) is 30.3 Å². The first-order chi connectivity index (χ1) is 15.8. The van der Waals surface area contributed by atoms with Crippen molar-refractivity contribution in [3.8, 4) is 11.4 Å². The third-order valence-electron chi connectivity index (χ3n) is 6.09. The molecule has 2 aromatic carbocycles. The van der Waals surface area contributed by atoms with Crippen LogP contribution in [0.3, 0.4) is 0 Å². The lowest BCUT2D eigenvalue weighted by atomic mass is 9.86. The van der Waals surface area contributed by atoms with Crippen LogP contribution in [0.15, 0.2) is 53.4 Å². The Kier molecular flexibility index (Phi) is 7.11. The van der Waals surface area contributed by atoms with Crippen LogP contribution in [0, 0.1) is 5.92 Å². The average molecular weight is 470 g/mol. The first kappa shape index (κ1) is 23.4. The number of aromatic nitrogens is 2. The topological polar surface area (TPSA) is 107 Å². The molecule has 1 aromatic heterocycles. The van der Waals surface area contributed by atoms with Crippen molar-refractivity contribution in [1.29, 1.82) is 0 Å². The van der Waals surface area contributed by atoms with E-state index < -0.39 is 10.0 Å². The van der Waals surface area contributed by atoms with Gasteiger partial charge in [-0.25, -0.2) is 18.1 Å². The standard InChI is InChI=1S/C24H31N5O3S/c1-29(2)15-14-25-24(30)18-8-10-19(11-9-18)28-33(31,32)20-12-13-21-22(16-20)27-23(26-21)17-6-4-3-5-7-17/h3-7,12-13,16,18-19,28H,8-11,14-15H2,1-2H3,(H,25,30)(H,26,27)/t18-,19-. The summed E-state index contributed by atoms with van der Waals surface area (Å²) in [5, 5.41) is 2.97. The summed E-state index contributed by atoms with van der Waals surface area (Å²) in [6, 6.07) is 14.5. The van der Waals surface area contributed by atoms with Crippen molar-refractivity contribution in [1.82, 2.24) is 24.9 Å². The van der Waals surface area contributed by atoms with E-state index in [2.05, 4.69) is 20.0 Å². The van der Waals surface area contributed by atoms with Gasteiger partial charge in [0, 0.05) is 30.6 Å². The number of carbonyl (C=O) groups excluding carboxylic acids is 1. The van der Waals surface area contributed by atoms with Crippen LogP contribution < -0.4 is 10.0 Å². The number of H-pyrrole nitrogens is 1. The molecule has 0 spiro atoms. The molecule has 1 fully saturated rings. The van der Waals surface area contributed by atoms with Gasteiger partial charge in [0.05, 0.1) is 15.9 Å². The molecular formula is C24H31N5O3S. The van der Waals surface area contributed by atoms with Gasteiger partial charge in [0.1, 0.15) is 5.82 Å². The summed E-state index contributed by atoms with van der Waals surface area (Å²) < 4.78 is 28.8. The zero-order chi connectivity index (χ0) is 23.4. The maximum atomic E-state index is 13.0. The van der Waals surface area contributed by atoms with Crippen LogP contribution >= 0.6 is 0 Å². The highest BCUT2D eigenvalue weighted by molar-refractivity contribution is 7.89. The molecule has 0 saturated heterocycles. The van der Waals surface area contributed by atoms with Crippen LogP contribution in [0.25, 0.3) is 22.4 Å². The molecule has 1 heterocycles. The average Bonchev–Trinajstić information content (AvgIpc) is 3.23. The highest BCUT2D eigenvalue weighted by Crippen LogP contribution is 2.27. The predicted octanol–water partition coefficient (Wildman–Crippen LogP) is 2.74. The van der Waals surface area contributed by atoms with Gasteiger partial charge in [-0.05, 0) is 58.0 Å². The molecule has 0 unspecified atom stereocenters. The largest absolute Gasteiger partial charge is 0.355 e. The molecule has 3 aromatic rings. The van der Waals surface area contributed by atoms with Crippen LogP contribution in [0.2, 0.25) is 0 Å². The fraction of sp³-hybridized carbons (Fsp3) is 0.417. The Balaban J connectivity index is 1.37. The summed E-state index contributed by atoms with van der Waals surface area (Å²) in [5.74, 6) is 0.719. The number of amides is 1. The van der Waals surface area contributed by atoms with Crippen molar-refractivity contribution in [2.45, 2.75) is 36.6 Å². The van der Waals surface area contributed by atoms with Crippen molar-refractivity contribution < 1.29 is 13.2 Å². The van der Waals surface area contributed by atoms with Gasteiger partial charge in [-0.2, -0.15) is 0 Å². The fourth-order valence-electron chi connectivity index (χ4n) is 4.19. The smallest absolute Gasteiger partial charge is 0.240 e. The zero-order valence-corrected chi connectivity index (χ0v) is 19.9. The van der Waals surface area contributed by atoms with Gasteiger partial charge < -0.3 is 15.2 Å². The number of benzene rings is 2. The quantitative estimate of drug-likeness (QED) is 0.470. The lowest BCUT2D eigenvalue weighted by Crippen LogP contribution is -2.41. The molecule has 0 radical (unpaired) electrons. The molecule has 8 nitrogen and oxygen atoms in total. The van der Waals surface area contributed by atoms with Crippen molar-refractivity contribution in [3.05, 3.63) is 48.5 Å². The van der Waals surface area contributed by atoms with Crippen molar-refractivity contribution in [3.63, 3.8) is 0 Å². The molecule has 1 aliphatic carbocycles. The maximum Gasteiger partial charge on any atom is 0.240 e. The van der Waals surface area contributed by atoms with Crippen molar-refractivity contribution >= 4 is 27.0 Å². The van der Waals surface area contributed by atoms with Gasteiger partial charge in [-0.15, -0.1) is 0 Å². The molecular weight excluding hydrogens is 438 g/mol. The third-order valence-corrected chi connectivity index (χ3v) is 7.61. The number of aromatic amines is 1. The molecule has 9 heteroatoms. The zero-order valence-electron chi connectivity index (χ0n) is 19.0. The second-order valence-corrected chi connectivity index (χ2v) is 10.6. The lowest BCUT2D eigenvalue weighted by Gasteiger charge is -2.28. The Morgan fingerprint density at radius 2 is 1.82 bits per heavy atom. The summed E-state index contributed by atoms with van der Waals surface area (Å²) in [6.07, 6.45) is 2.65. The molecule has 0 aliphatic heterocycles. The Morgan fingerprint density at radius 1 is 1.09 bits per heavy atom. The van der Waals surface area contributed by atoms with Crippen molar-refractivity contribution in [2.75, 3.05) is 27.2 Å². The number of sulfonamides is 1. The Labute approximate surface area is 194 Å². The summed E-state index contributed by atoms with van der Waals surface area (Å²) in [7, 11) is 0.257. The van der Waals surface area contributed by atoms with Crippen LogP contribution in [-0.4, -0.2) is 62.4 Å². The summed E-state index contributed by atoms with van der Waals surface area (Å²) in [5.41, 5.74) is 2.34. The Morgan fingerprint density at radius 3 is 2.52 bits per heavy atom. The van der Waals surface area contributed by atoms with E-state index in [-0.39, 0.29) is 22.8 Å². The number of imidazole rings is 1. The Bertz CT molecular complexity index is 1200. The van der Waals surface area contributed by atoms with Crippen molar-refractivity contribution in [2.24, 2.45) is 5.92 Å². The number of likely N-dealkylation sites (N-methyl/N-ethyl adjacent to an activating group) is 1. The minimum Gasteiger partial charge on any atom is -0.355 e. The normalized spacial score (nSPS) is 19.1. The van der Waals surface area contributed by atoms with Gasteiger partial charge in [0.25, 0.3) is 0 Å². The van der Waals surface area contributed by atoms with E-state index in [0.717, 1.165) is 17.6 Å². The summed E-state index contributed by atoms with van der Waals surface area (Å²) in [4.78, 5) is 22.4. The van der Waals surface area contributed by atoms with E-state index in [1.807, 2.05) is 49.3 Å². The number of hydrogen-bond donors (Lipinski definition) is 3. The number of fused-ring (bicyclic) bond motifs is 1. The molecule has 0 bridgehead atoms. The third kappa shape index (κ3) is 5.79. The van der Waals surface area contributed by atoms with Crippen LogP contribution in [0.4, 0.5) is 0 Å². The molecule has 4 rings (SSSR count). The second-order valence-electron chi connectivity index (χ2n) is 8.89. The van der Waals surface area contributed by atoms with E-state index in [4.69, 9.17) is 0 Å². The first-order valence-corrected chi connectivity index (χ1v) is 12.8. The number of rotatable bonds is 8. The molecule has 176 valence electrons. The van der Waals surface area contributed by atoms with E-state index >= 15 is 0 Å². The minimum atomic E-state index is -3.68. The van der Waals surface area contributed by atoms with E-state index in [0.29, 0.717) is 43.6 Å². The van der Waals surface area contributed by atoms with Gasteiger partial charge in [0.15, 0.2) is 0 Å². The molecule has 1 saturated carbocycles. The van der Waals surface area contributed by atoms with Crippen LogP contribution in [0.5, 0.6) is 0 Å². The SMILES string of the molecule is CN(C)CCNC(=O)[C@H]1CC[C@H](NS(=O)(=O)c2ccc3[nH]c(-c4ccccc4)nc3c2)CC1. The summed E-state index contributed by atoms with van der Waals surface area (Å²) in [6.45, 7) is 1.42. The summed E-state index contributed by atoms with van der Waals surface area (Å²) >= 11 is 0. The first-order valence-electron chi connectivity index (χ1n) is 11.3. The molecule has 33 heavy (non-hydrogen) atoms. The molecule has 1 amide bonds. The molecule has 3 N–H and O–H groups in total. The fourth-order valence-corrected chi connectivity index (χ4v) is 5.52. The van der Waals surface area contributed by atoms with Gasteiger partial charge in [-0.3, -0.25) is 4.79 Å². The van der Waals surface area contributed by atoms with Crippen LogP contribution in [0.1, 0.15) is 25.7 Å². The van der Waals surface area contributed by atoms with E-state index in [9.17, 15) is 13.2 Å². The highest BCUT2D eigenvalue weighted by Gasteiger charge is 2.29. The Hall–Kier alpha value is -2.75. The number of hydrogen-bond acceptors (Lipinski definition) is 5. The van der Waals surface area contributed by atoms with E-state index in [1.165, 1.54) is 0 Å². The predicted molar refractivity (Wildman–Crippen MR) is 129 cm³/mol. The second kappa shape index (κ2) is 10.0. The number of nitrogens with zero attached hydrogens (tertiary/aromatic N) is 2. The van der Waals surface area contributed by atoms with Gasteiger partial charge >= 0.3 is 0 Å². The lowest BCUT2D eigenvalue weighted by molar-refractivity contribution is -0.126. The number of carbonyl (C=O) groups is 1. The molecule has 0 atom stereocenters. The van der Waals surface area contributed by atoms with Crippen LogP contribution in [-0.2, 0) is 14.8 Å². The van der Waals surface area contributed by atoms with E-state index in [1.54, 1.807) is 18.2 Å². The number of nitrogens with one attached hydrogen (secondary N) is 3.